The molecule has 0 atom stereocenters. The fourth-order valence-corrected chi connectivity index (χ4v) is 3.14. The van der Waals surface area contributed by atoms with Gasteiger partial charge in [-0.3, -0.25) is 0 Å². The zero-order valence-electron chi connectivity index (χ0n) is 11.6. The number of benzene rings is 2. The average Bonchev–Trinajstić information content (AvgIpc) is 2.96. The van der Waals surface area contributed by atoms with Gasteiger partial charge in [-0.2, -0.15) is 9.83 Å². The van der Waals surface area contributed by atoms with E-state index in [2.05, 4.69) is 46.5 Å². The predicted molar refractivity (Wildman–Crippen MR) is 84.0 cm³/mol. The number of hydrogen-bond donors (Lipinski definition) is 0. The summed E-state index contributed by atoms with van der Waals surface area (Å²) in [4.78, 5) is 0. The van der Waals surface area contributed by atoms with Crippen LogP contribution in [0.25, 0.3) is 0 Å². The molecule has 0 fully saturated rings. The molecule has 2 aromatic carbocycles. The molecule has 3 rings (SSSR count). The molecule has 0 saturated heterocycles. The SMILES string of the molecule is N#Cc1ccc(Cc2scc[n+]2Cc2ccccc2)cc1. The van der Waals surface area contributed by atoms with Crippen molar-refractivity contribution in [1.29, 1.82) is 5.26 Å². The van der Waals surface area contributed by atoms with E-state index < -0.39 is 0 Å². The van der Waals surface area contributed by atoms with Crippen molar-refractivity contribution in [3.63, 3.8) is 0 Å². The van der Waals surface area contributed by atoms with Gasteiger partial charge in [0.1, 0.15) is 0 Å². The second-order valence-electron chi connectivity index (χ2n) is 4.90. The smallest absolute Gasteiger partial charge is 0.192 e. The molecule has 0 bridgehead atoms. The summed E-state index contributed by atoms with van der Waals surface area (Å²) in [6.45, 7) is 0.899. The lowest BCUT2D eigenvalue weighted by molar-refractivity contribution is -0.690. The number of thiazole rings is 1. The summed E-state index contributed by atoms with van der Waals surface area (Å²) in [5.41, 5.74) is 3.25. The Hall–Kier alpha value is -2.44. The maximum absolute atomic E-state index is 8.84. The van der Waals surface area contributed by atoms with Crippen molar-refractivity contribution in [3.05, 3.63) is 87.9 Å². The molecule has 0 unspecified atom stereocenters. The highest BCUT2D eigenvalue weighted by atomic mass is 32.1. The molecule has 1 heterocycles. The molecular weight excluding hydrogens is 276 g/mol. The summed E-state index contributed by atoms with van der Waals surface area (Å²) in [6.07, 6.45) is 3.03. The van der Waals surface area contributed by atoms with Gasteiger partial charge in [-0.05, 0) is 17.7 Å². The van der Waals surface area contributed by atoms with Crippen LogP contribution in [0.3, 0.4) is 0 Å². The lowest BCUT2D eigenvalue weighted by Gasteiger charge is -2.00. The maximum Gasteiger partial charge on any atom is 0.241 e. The highest BCUT2D eigenvalue weighted by Gasteiger charge is 2.13. The third kappa shape index (κ3) is 3.36. The molecule has 21 heavy (non-hydrogen) atoms. The van der Waals surface area contributed by atoms with E-state index in [0.717, 1.165) is 13.0 Å². The summed E-state index contributed by atoms with van der Waals surface area (Å²) in [5, 5.41) is 12.3. The van der Waals surface area contributed by atoms with Crippen LogP contribution in [0.4, 0.5) is 0 Å². The quantitative estimate of drug-likeness (QED) is 0.676. The lowest BCUT2D eigenvalue weighted by atomic mass is 10.1. The molecule has 1 aromatic heterocycles. The van der Waals surface area contributed by atoms with Gasteiger partial charge in [0.05, 0.1) is 23.4 Å². The Balaban J connectivity index is 1.77. The molecular formula is C18H15N2S+. The number of nitriles is 1. The van der Waals surface area contributed by atoms with Crippen LogP contribution in [-0.2, 0) is 13.0 Å². The van der Waals surface area contributed by atoms with Crippen LogP contribution in [0, 0.1) is 11.3 Å². The van der Waals surface area contributed by atoms with Crippen LogP contribution in [-0.4, -0.2) is 0 Å². The standard InChI is InChI=1S/C18H15N2S/c19-13-16-8-6-15(7-9-16)12-18-20(10-11-21-18)14-17-4-2-1-3-5-17/h1-11H,12,14H2/q+1. The van der Waals surface area contributed by atoms with Crippen LogP contribution in [0.5, 0.6) is 0 Å². The van der Waals surface area contributed by atoms with E-state index in [0.29, 0.717) is 5.56 Å². The molecule has 0 spiro atoms. The summed E-state index contributed by atoms with van der Waals surface area (Å²) in [7, 11) is 0. The third-order valence-corrected chi connectivity index (χ3v) is 4.31. The van der Waals surface area contributed by atoms with Crippen LogP contribution in [0.1, 0.15) is 21.7 Å². The normalized spacial score (nSPS) is 10.2. The molecule has 0 amide bonds. The molecule has 0 aliphatic heterocycles. The molecule has 3 heteroatoms. The monoisotopic (exact) mass is 291 g/mol. The number of aromatic nitrogens is 1. The molecule has 2 nitrogen and oxygen atoms in total. The highest BCUT2D eigenvalue weighted by Crippen LogP contribution is 2.12. The van der Waals surface area contributed by atoms with Gasteiger partial charge in [0.25, 0.3) is 0 Å². The van der Waals surface area contributed by atoms with E-state index in [-0.39, 0.29) is 0 Å². The van der Waals surface area contributed by atoms with E-state index in [1.54, 1.807) is 11.3 Å². The summed E-state index contributed by atoms with van der Waals surface area (Å²) >= 11 is 1.77. The summed E-state index contributed by atoms with van der Waals surface area (Å²) in [5.74, 6) is 0. The Labute approximate surface area is 128 Å². The van der Waals surface area contributed by atoms with E-state index >= 15 is 0 Å². The molecule has 0 radical (unpaired) electrons. The largest absolute Gasteiger partial charge is 0.241 e. The Morgan fingerprint density at radius 1 is 0.952 bits per heavy atom. The Bertz CT molecular complexity index is 752. The topological polar surface area (TPSA) is 27.7 Å². The second kappa shape index (κ2) is 6.34. The van der Waals surface area contributed by atoms with E-state index in [9.17, 15) is 0 Å². The summed E-state index contributed by atoms with van der Waals surface area (Å²) < 4.78 is 2.29. The van der Waals surface area contributed by atoms with E-state index in [1.165, 1.54) is 16.1 Å². The van der Waals surface area contributed by atoms with Crippen molar-refractivity contribution in [2.24, 2.45) is 0 Å². The zero-order valence-corrected chi connectivity index (χ0v) is 12.4. The van der Waals surface area contributed by atoms with Gasteiger partial charge in [0.15, 0.2) is 12.7 Å². The van der Waals surface area contributed by atoms with Crippen molar-refractivity contribution in [2.45, 2.75) is 13.0 Å². The van der Waals surface area contributed by atoms with Gasteiger partial charge in [-0.15, -0.1) is 0 Å². The molecule has 3 aromatic rings. The van der Waals surface area contributed by atoms with Gasteiger partial charge in [-0.25, -0.2) is 0 Å². The van der Waals surface area contributed by atoms with Crippen LogP contribution >= 0.6 is 11.3 Å². The minimum atomic E-state index is 0.710. The molecule has 0 N–H and O–H groups in total. The Morgan fingerprint density at radius 2 is 1.71 bits per heavy atom. The average molecular weight is 291 g/mol. The van der Waals surface area contributed by atoms with Gasteiger partial charge in [0, 0.05) is 5.56 Å². The molecule has 0 aliphatic rings. The van der Waals surface area contributed by atoms with Gasteiger partial charge >= 0.3 is 0 Å². The predicted octanol–water partition coefficient (Wildman–Crippen LogP) is 3.55. The Morgan fingerprint density at radius 3 is 2.43 bits per heavy atom. The summed E-state index contributed by atoms with van der Waals surface area (Å²) in [6, 6.07) is 20.5. The van der Waals surface area contributed by atoms with Crippen molar-refractivity contribution in [2.75, 3.05) is 0 Å². The fourth-order valence-electron chi connectivity index (χ4n) is 2.27. The van der Waals surface area contributed by atoms with Crippen molar-refractivity contribution < 1.29 is 4.57 Å². The van der Waals surface area contributed by atoms with E-state index in [4.69, 9.17) is 5.26 Å². The van der Waals surface area contributed by atoms with Gasteiger partial charge < -0.3 is 0 Å². The maximum atomic E-state index is 8.84. The minimum Gasteiger partial charge on any atom is -0.192 e. The van der Waals surface area contributed by atoms with Crippen molar-refractivity contribution >= 4 is 11.3 Å². The van der Waals surface area contributed by atoms with Crippen molar-refractivity contribution in [1.82, 2.24) is 0 Å². The second-order valence-corrected chi connectivity index (χ2v) is 5.87. The fraction of sp³-hybridized carbons (Fsp3) is 0.111. The number of nitrogens with zero attached hydrogens (tertiary/aromatic N) is 2. The van der Waals surface area contributed by atoms with E-state index in [1.807, 2.05) is 30.3 Å². The first-order chi connectivity index (χ1) is 10.3. The minimum absolute atomic E-state index is 0.710. The molecule has 0 aliphatic carbocycles. The number of hydrogen-bond acceptors (Lipinski definition) is 2. The van der Waals surface area contributed by atoms with Crippen LogP contribution in [0.2, 0.25) is 0 Å². The van der Waals surface area contributed by atoms with Crippen LogP contribution in [0.15, 0.2) is 66.2 Å². The number of rotatable bonds is 4. The Kier molecular flexibility index (Phi) is 4.09. The highest BCUT2D eigenvalue weighted by molar-refractivity contribution is 7.09. The lowest BCUT2D eigenvalue weighted by Crippen LogP contribution is -2.35. The van der Waals surface area contributed by atoms with Gasteiger partial charge in [-0.1, -0.05) is 53.8 Å². The zero-order chi connectivity index (χ0) is 14.5. The van der Waals surface area contributed by atoms with Gasteiger partial charge in [0.2, 0.25) is 5.01 Å². The first-order valence-electron chi connectivity index (χ1n) is 6.84. The van der Waals surface area contributed by atoms with Crippen LogP contribution < -0.4 is 4.57 Å². The first kappa shape index (κ1) is 13.5. The first-order valence-corrected chi connectivity index (χ1v) is 7.72. The molecule has 102 valence electrons. The van der Waals surface area contributed by atoms with Crippen molar-refractivity contribution in [3.8, 4) is 6.07 Å². The molecule has 0 saturated carbocycles. The third-order valence-electron chi connectivity index (χ3n) is 3.40.